The first kappa shape index (κ1) is 13.3. The zero-order valence-electron chi connectivity index (χ0n) is 11.6. The molecule has 0 bridgehead atoms. The van der Waals surface area contributed by atoms with Gasteiger partial charge in [-0.05, 0) is 52.9 Å². The summed E-state index contributed by atoms with van der Waals surface area (Å²) in [6.45, 7) is 6.59. The highest BCUT2D eigenvalue weighted by molar-refractivity contribution is 5.82. The van der Waals surface area contributed by atoms with Crippen molar-refractivity contribution in [2.75, 3.05) is 0 Å². The second-order valence-electron chi connectivity index (χ2n) is 5.65. The molecule has 0 unspecified atom stereocenters. The number of nitrogens with zero attached hydrogens (tertiary/aromatic N) is 1. The van der Waals surface area contributed by atoms with Crippen LogP contribution >= 0.6 is 0 Å². The fourth-order valence-corrected chi connectivity index (χ4v) is 1.76. The summed E-state index contributed by atoms with van der Waals surface area (Å²) in [5.41, 5.74) is 3.37. The van der Waals surface area contributed by atoms with Crippen LogP contribution in [0.25, 0.3) is 0 Å². The summed E-state index contributed by atoms with van der Waals surface area (Å²) in [5, 5.41) is 9.20. The molecule has 0 radical (unpaired) electrons. The Morgan fingerprint density at radius 1 is 0.895 bits per heavy atom. The van der Waals surface area contributed by atoms with Gasteiger partial charge in [0.05, 0.1) is 5.69 Å². The lowest BCUT2D eigenvalue weighted by atomic mass is 9.87. The summed E-state index contributed by atoms with van der Waals surface area (Å²) < 4.78 is 0. The Morgan fingerprint density at radius 3 is 2.00 bits per heavy atom. The molecule has 0 spiro atoms. The third-order valence-electron chi connectivity index (χ3n) is 2.99. The van der Waals surface area contributed by atoms with Crippen molar-refractivity contribution in [3.05, 3.63) is 59.7 Å². The SMILES string of the molecule is CC(C)(C)c1ccc(N=Cc2ccc(O)cc2)cc1. The van der Waals surface area contributed by atoms with Crippen LogP contribution in [-0.4, -0.2) is 11.3 Å². The van der Waals surface area contributed by atoms with Gasteiger partial charge in [0.1, 0.15) is 5.75 Å². The topological polar surface area (TPSA) is 32.6 Å². The van der Waals surface area contributed by atoms with E-state index in [-0.39, 0.29) is 11.2 Å². The molecular weight excluding hydrogens is 234 g/mol. The molecule has 2 rings (SSSR count). The molecule has 2 aromatic rings. The predicted octanol–water partition coefficient (Wildman–Crippen LogP) is 4.44. The summed E-state index contributed by atoms with van der Waals surface area (Å²) in [6, 6.07) is 15.3. The fourth-order valence-electron chi connectivity index (χ4n) is 1.76. The molecule has 2 heteroatoms. The van der Waals surface area contributed by atoms with Gasteiger partial charge in [0.25, 0.3) is 0 Å². The van der Waals surface area contributed by atoms with Gasteiger partial charge in [-0.15, -0.1) is 0 Å². The molecule has 1 N–H and O–H groups in total. The molecule has 0 amide bonds. The van der Waals surface area contributed by atoms with Gasteiger partial charge in [-0.25, -0.2) is 0 Å². The quantitative estimate of drug-likeness (QED) is 0.788. The van der Waals surface area contributed by atoms with E-state index in [0.29, 0.717) is 0 Å². The Balaban J connectivity index is 2.13. The van der Waals surface area contributed by atoms with Crippen molar-refractivity contribution >= 4 is 11.9 Å². The number of aromatic hydroxyl groups is 1. The molecule has 2 aromatic carbocycles. The maximum Gasteiger partial charge on any atom is 0.115 e. The highest BCUT2D eigenvalue weighted by Gasteiger charge is 2.12. The van der Waals surface area contributed by atoms with Crippen LogP contribution in [0.1, 0.15) is 31.9 Å². The van der Waals surface area contributed by atoms with Crippen molar-refractivity contribution in [2.45, 2.75) is 26.2 Å². The molecule has 0 aliphatic rings. The van der Waals surface area contributed by atoms with Crippen LogP contribution in [0.3, 0.4) is 0 Å². The first-order valence-corrected chi connectivity index (χ1v) is 6.39. The number of phenols is 1. The zero-order chi connectivity index (χ0) is 13.9. The minimum absolute atomic E-state index is 0.166. The van der Waals surface area contributed by atoms with Crippen molar-refractivity contribution in [1.29, 1.82) is 0 Å². The van der Waals surface area contributed by atoms with Crippen molar-refractivity contribution < 1.29 is 5.11 Å². The Kier molecular flexibility index (Phi) is 3.70. The lowest BCUT2D eigenvalue weighted by Crippen LogP contribution is -2.10. The van der Waals surface area contributed by atoms with Crippen LogP contribution in [0.15, 0.2) is 53.5 Å². The number of benzene rings is 2. The van der Waals surface area contributed by atoms with Gasteiger partial charge in [-0.1, -0.05) is 32.9 Å². The minimum atomic E-state index is 0.166. The van der Waals surface area contributed by atoms with E-state index < -0.39 is 0 Å². The average Bonchev–Trinajstić information content (AvgIpc) is 2.37. The van der Waals surface area contributed by atoms with Crippen molar-refractivity contribution in [3.8, 4) is 5.75 Å². The van der Waals surface area contributed by atoms with Crippen LogP contribution in [0.2, 0.25) is 0 Å². The highest BCUT2D eigenvalue weighted by atomic mass is 16.3. The Hall–Kier alpha value is -2.09. The number of hydrogen-bond acceptors (Lipinski definition) is 2. The first-order chi connectivity index (χ1) is 8.95. The largest absolute Gasteiger partial charge is 0.508 e. The number of rotatable bonds is 2. The summed E-state index contributed by atoms with van der Waals surface area (Å²) >= 11 is 0. The van der Waals surface area contributed by atoms with Crippen molar-refractivity contribution in [2.24, 2.45) is 4.99 Å². The molecule has 2 nitrogen and oxygen atoms in total. The number of hydrogen-bond donors (Lipinski definition) is 1. The van der Waals surface area contributed by atoms with Gasteiger partial charge >= 0.3 is 0 Å². The lowest BCUT2D eigenvalue weighted by molar-refractivity contribution is 0.475. The molecule has 0 saturated carbocycles. The Bertz CT molecular complexity index is 560. The fraction of sp³-hybridized carbons (Fsp3) is 0.235. The van der Waals surface area contributed by atoms with Gasteiger partial charge in [0.15, 0.2) is 0 Å². The molecule has 19 heavy (non-hydrogen) atoms. The van der Waals surface area contributed by atoms with Crippen molar-refractivity contribution in [3.63, 3.8) is 0 Å². The summed E-state index contributed by atoms with van der Waals surface area (Å²) in [5.74, 6) is 0.270. The molecule has 98 valence electrons. The first-order valence-electron chi connectivity index (χ1n) is 6.39. The van der Waals surface area contributed by atoms with Gasteiger partial charge in [-0.3, -0.25) is 4.99 Å². The van der Waals surface area contributed by atoms with E-state index in [0.717, 1.165) is 11.3 Å². The predicted molar refractivity (Wildman–Crippen MR) is 80.5 cm³/mol. The Labute approximate surface area is 114 Å². The zero-order valence-corrected chi connectivity index (χ0v) is 11.6. The second-order valence-corrected chi connectivity index (χ2v) is 5.65. The summed E-state index contributed by atoms with van der Waals surface area (Å²) in [6.07, 6.45) is 1.80. The third-order valence-corrected chi connectivity index (χ3v) is 2.99. The lowest BCUT2D eigenvalue weighted by Gasteiger charge is -2.18. The van der Waals surface area contributed by atoms with E-state index in [1.54, 1.807) is 18.3 Å². The third kappa shape index (κ3) is 3.68. The van der Waals surface area contributed by atoms with E-state index in [1.165, 1.54) is 5.56 Å². The maximum absolute atomic E-state index is 9.20. The molecule has 0 aliphatic heterocycles. The van der Waals surface area contributed by atoms with Crippen LogP contribution in [-0.2, 0) is 5.41 Å². The molecule has 0 fully saturated rings. The van der Waals surface area contributed by atoms with Crippen LogP contribution in [0, 0.1) is 0 Å². The van der Waals surface area contributed by atoms with Gasteiger partial charge in [0, 0.05) is 6.21 Å². The van der Waals surface area contributed by atoms with Gasteiger partial charge in [0.2, 0.25) is 0 Å². The van der Waals surface area contributed by atoms with Crippen LogP contribution < -0.4 is 0 Å². The van der Waals surface area contributed by atoms with Gasteiger partial charge < -0.3 is 5.11 Å². The highest BCUT2D eigenvalue weighted by Crippen LogP contribution is 2.24. The monoisotopic (exact) mass is 253 g/mol. The van der Waals surface area contributed by atoms with Gasteiger partial charge in [-0.2, -0.15) is 0 Å². The molecule has 0 atom stereocenters. The van der Waals surface area contributed by atoms with Crippen LogP contribution in [0.4, 0.5) is 5.69 Å². The molecule has 0 aromatic heterocycles. The number of aliphatic imine (C=N–C) groups is 1. The molecule has 0 saturated heterocycles. The number of phenolic OH excluding ortho intramolecular Hbond substituents is 1. The second kappa shape index (κ2) is 5.27. The van der Waals surface area contributed by atoms with E-state index in [9.17, 15) is 5.11 Å². The van der Waals surface area contributed by atoms with E-state index in [4.69, 9.17) is 0 Å². The summed E-state index contributed by atoms with van der Waals surface area (Å²) in [7, 11) is 0. The summed E-state index contributed by atoms with van der Waals surface area (Å²) in [4.78, 5) is 4.42. The standard InChI is InChI=1S/C17H19NO/c1-17(2,3)14-6-8-15(9-7-14)18-12-13-4-10-16(19)11-5-13/h4-12,19H,1-3H3. The minimum Gasteiger partial charge on any atom is -0.508 e. The maximum atomic E-state index is 9.20. The molecule has 0 heterocycles. The van der Waals surface area contributed by atoms with E-state index in [2.05, 4.69) is 37.9 Å². The smallest absolute Gasteiger partial charge is 0.115 e. The van der Waals surface area contributed by atoms with Crippen LogP contribution in [0.5, 0.6) is 5.75 Å². The normalized spacial score (nSPS) is 11.9. The molecular formula is C17H19NO. The van der Waals surface area contributed by atoms with E-state index in [1.807, 2.05) is 24.3 Å². The molecule has 0 aliphatic carbocycles. The van der Waals surface area contributed by atoms with E-state index >= 15 is 0 Å². The average molecular weight is 253 g/mol. The van der Waals surface area contributed by atoms with Crippen molar-refractivity contribution in [1.82, 2.24) is 0 Å². The Morgan fingerprint density at radius 2 is 1.47 bits per heavy atom.